The lowest BCUT2D eigenvalue weighted by Crippen LogP contribution is -2.42. The van der Waals surface area contributed by atoms with Gasteiger partial charge < -0.3 is 14.5 Å². The first-order valence-electron chi connectivity index (χ1n) is 9.88. The van der Waals surface area contributed by atoms with E-state index in [9.17, 15) is 14.9 Å². The van der Waals surface area contributed by atoms with Crippen LogP contribution in [0.2, 0.25) is 0 Å². The molecule has 29 heavy (non-hydrogen) atoms. The number of aryl methyl sites for hydroxylation is 1. The molecule has 0 aromatic heterocycles. The molecule has 0 saturated carbocycles. The smallest absolute Gasteiger partial charge is 0.292 e. The van der Waals surface area contributed by atoms with Crippen molar-refractivity contribution in [2.75, 3.05) is 38.2 Å². The predicted molar refractivity (Wildman–Crippen MR) is 112 cm³/mol. The van der Waals surface area contributed by atoms with Gasteiger partial charge in [-0.05, 0) is 38.0 Å². The van der Waals surface area contributed by atoms with Crippen LogP contribution >= 0.6 is 0 Å². The predicted octanol–water partition coefficient (Wildman–Crippen LogP) is 3.66. The standard InChI is InChI=1S/C22H27N3O4/c1-17-7-9-19(10-8-17)29-16-15-23(2)22(26)18-11-13-24(14-12-18)20-5-3-4-6-21(20)25(27)28/h3-10,18H,11-16H2,1-2H3. The second-order valence-electron chi connectivity index (χ2n) is 7.43. The molecule has 0 N–H and O–H groups in total. The van der Waals surface area contributed by atoms with Crippen molar-refractivity contribution in [3.63, 3.8) is 0 Å². The minimum Gasteiger partial charge on any atom is -0.492 e. The summed E-state index contributed by atoms with van der Waals surface area (Å²) in [5.74, 6) is 0.854. The van der Waals surface area contributed by atoms with Crippen LogP contribution in [0.4, 0.5) is 11.4 Å². The van der Waals surface area contributed by atoms with E-state index in [1.165, 1.54) is 11.6 Å². The maximum Gasteiger partial charge on any atom is 0.292 e. The van der Waals surface area contributed by atoms with Crippen LogP contribution in [0, 0.1) is 23.0 Å². The van der Waals surface area contributed by atoms with E-state index >= 15 is 0 Å². The zero-order valence-electron chi connectivity index (χ0n) is 16.9. The molecule has 1 saturated heterocycles. The van der Waals surface area contributed by atoms with Crippen molar-refractivity contribution in [3.05, 3.63) is 64.2 Å². The Kier molecular flexibility index (Phi) is 6.69. The van der Waals surface area contributed by atoms with Crippen LogP contribution in [0.5, 0.6) is 5.75 Å². The second kappa shape index (κ2) is 9.41. The lowest BCUT2D eigenvalue weighted by Gasteiger charge is -2.34. The van der Waals surface area contributed by atoms with E-state index in [2.05, 4.69) is 0 Å². The first-order chi connectivity index (χ1) is 14.0. The summed E-state index contributed by atoms with van der Waals surface area (Å²) in [7, 11) is 1.80. The topological polar surface area (TPSA) is 75.9 Å². The molecule has 1 amide bonds. The third-order valence-corrected chi connectivity index (χ3v) is 5.36. The van der Waals surface area contributed by atoms with Gasteiger partial charge in [0.2, 0.25) is 5.91 Å². The molecule has 1 fully saturated rings. The third kappa shape index (κ3) is 5.25. The Labute approximate surface area is 171 Å². The summed E-state index contributed by atoms with van der Waals surface area (Å²) >= 11 is 0. The van der Waals surface area contributed by atoms with E-state index in [-0.39, 0.29) is 22.4 Å². The van der Waals surface area contributed by atoms with Crippen LogP contribution in [0.1, 0.15) is 18.4 Å². The molecule has 1 aliphatic rings. The fourth-order valence-corrected chi connectivity index (χ4v) is 3.61. The van der Waals surface area contributed by atoms with E-state index in [4.69, 9.17) is 4.74 Å². The number of para-hydroxylation sites is 2. The van der Waals surface area contributed by atoms with Gasteiger partial charge in [-0.25, -0.2) is 0 Å². The Morgan fingerprint density at radius 2 is 1.83 bits per heavy atom. The highest BCUT2D eigenvalue weighted by atomic mass is 16.6. The summed E-state index contributed by atoms with van der Waals surface area (Å²) in [6.45, 7) is 4.26. The molecule has 7 nitrogen and oxygen atoms in total. The first kappa shape index (κ1) is 20.6. The number of nitro benzene ring substituents is 1. The minimum absolute atomic E-state index is 0.0570. The highest BCUT2D eigenvalue weighted by molar-refractivity contribution is 5.79. The van der Waals surface area contributed by atoms with Crippen LogP contribution < -0.4 is 9.64 Å². The monoisotopic (exact) mass is 397 g/mol. The van der Waals surface area contributed by atoms with Gasteiger partial charge in [0, 0.05) is 32.1 Å². The Morgan fingerprint density at radius 3 is 2.48 bits per heavy atom. The Bertz CT molecular complexity index is 845. The molecule has 0 bridgehead atoms. The maximum atomic E-state index is 12.7. The summed E-state index contributed by atoms with van der Waals surface area (Å²) in [6.07, 6.45) is 1.38. The summed E-state index contributed by atoms with van der Waals surface area (Å²) in [5, 5.41) is 11.3. The van der Waals surface area contributed by atoms with Crippen molar-refractivity contribution in [1.29, 1.82) is 0 Å². The number of likely N-dealkylation sites (N-methyl/N-ethyl adjacent to an activating group) is 1. The molecule has 0 atom stereocenters. The number of anilines is 1. The average Bonchev–Trinajstić information content (AvgIpc) is 2.74. The summed E-state index contributed by atoms with van der Waals surface area (Å²) in [4.78, 5) is 27.4. The largest absolute Gasteiger partial charge is 0.492 e. The molecule has 1 aliphatic heterocycles. The number of ether oxygens (including phenoxy) is 1. The number of benzene rings is 2. The highest BCUT2D eigenvalue weighted by Crippen LogP contribution is 2.31. The molecular weight excluding hydrogens is 370 g/mol. The van der Waals surface area contributed by atoms with Gasteiger partial charge in [-0.1, -0.05) is 29.8 Å². The zero-order chi connectivity index (χ0) is 20.8. The summed E-state index contributed by atoms with van der Waals surface area (Å²) in [6, 6.07) is 14.6. The lowest BCUT2D eigenvalue weighted by molar-refractivity contribution is -0.384. The van der Waals surface area contributed by atoms with Gasteiger partial charge in [0.05, 0.1) is 11.5 Å². The molecule has 0 aliphatic carbocycles. The van der Waals surface area contributed by atoms with Crippen molar-refractivity contribution < 1.29 is 14.5 Å². The number of hydrogen-bond acceptors (Lipinski definition) is 5. The molecule has 0 spiro atoms. The van der Waals surface area contributed by atoms with Gasteiger partial charge in [0.15, 0.2) is 0 Å². The number of carbonyl (C=O) groups is 1. The number of nitrogens with zero attached hydrogens (tertiary/aromatic N) is 3. The molecule has 0 unspecified atom stereocenters. The van der Waals surface area contributed by atoms with Gasteiger partial charge in [0.1, 0.15) is 18.0 Å². The van der Waals surface area contributed by atoms with Crippen molar-refractivity contribution in [2.45, 2.75) is 19.8 Å². The van der Waals surface area contributed by atoms with Gasteiger partial charge >= 0.3 is 0 Å². The molecule has 7 heteroatoms. The van der Waals surface area contributed by atoms with E-state index in [1.54, 1.807) is 30.1 Å². The lowest BCUT2D eigenvalue weighted by atomic mass is 9.95. The maximum absolute atomic E-state index is 12.7. The molecule has 0 radical (unpaired) electrons. The average molecular weight is 397 g/mol. The van der Waals surface area contributed by atoms with Gasteiger partial charge in [-0.2, -0.15) is 0 Å². The Morgan fingerprint density at radius 1 is 1.17 bits per heavy atom. The van der Waals surface area contributed by atoms with Gasteiger partial charge in [-0.3, -0.25) is 14.9 Å². The Balaban J connectivity index is 1.48. The zero-order valence-corrected chi connectivity index (χ0v) is 16.9. The van der Waals surface area contributed by atoms with Crippen LogP contribution in [-0.2, 0) is 4.79 Å². The van der Waals surface area contributed by atoms with Gasteiger partial charge in [0.25, 0.3) is 5.69 Å². The first-order valence-corrected chi connectivity index (χ1v) is 9.88. The molecule has 2 aromatic rings. The number of hydrogen-bond donors (Lipinski definition) is 0. The number of carbonyl (C=O) groups excluding carboxylic acids is 1. The van der Waals surface area contributed by atoms with Gasteiger partial charge in [-0.15, -0.1) is 0 Å². The van der Waals surface area contributed by atoms with E-state index < -0.39 is 0 Å². The van der Waals surface area contributed by atoms with Crippen LogP contribution in [0.3, 0.4) is 0 Å². The molecule has 2 aromatic carbocycles. The quantitative estimate of drug-likeness (QED) is 0.526. The number of nitro groups is 1. The van der Waals surface area contributed by atoms with E-state index in [0.29, 0.717) is 44.8 Å². The van der Waals surface area contributed by atoms with E-state index in [1.807, 2.05) is 36.1 Å². The van der Waals surface area contributed by atoms with Crippen LogP contribution in [0.15, 0.2) is 48.5 Å². The van der Waals surface area contributed by atoms with E-state index in [0.717, 1.165) is 5.75 Å². The van der Waals surface area contributed by atoms with Crippen molar-refractivity contribution in [3.8, 4) is 5.75 Å². The minimum atomic E-state index is -0.353. The van der Waals surface area contributed by atoms with Crippen molar-refractivity contribution in [1.82, 2.24) is 4.90 Å². The number of rotatable bonds is 7. The fraction of sp³-hybridized carbons (Fsp3) is 0.409. The van der Waals surface area contributed by atoms with Crippen molar-refractivity contribution >= 4 is 17.3 Å². The van der Waals surface area contributed by atoms with Crippen molar-refractivity contribution in [2.24, 2.45) is 5.92 Å². The molecular formula is C22H27N3O4. The SMILES string of the molecule is Cc1ccc(OCCN(C)C(=O)C2CCN(c3ccccc3[N+](=O)[O-])CC2)cc1. The second-order valence-corrected chi connectivity index (χ2v) is 7.43. The highest BCUT2D eigenvalue weighted by Gasteiger charge is 2.29. The Hall–Kier alpha value is -3.09. The van der Waals surface area contributed by atoms with Crippen LogP contribution in [0.25, 0.3) is 0 Å². The van der Waals surface area contributed by atoms with Crippen LogP contribution in [-0.4, -0.2) is 49.0 Å². The molecule has 3 rings (SSSR count). The third-order valence-electron chi connectivity index (χ3n) is 5.36. The normalized spacial score (nSPS) is 14.5. The molecule has 1 heterocycles. The number of amides is 1. The molecule has 154 valence electrons. The summed E-state index contributed by atoms with van der Waals surface area (Å²) in [5.41, 5.74) is 1.92. The number of piperidine rings is 1. The fourth-order valence-electron chi connectivity index (χ4n) is 3.61. The summed E-state index contributed by atoms with van der Waals surface area (Å²) < 4.78 is 5.71.